The molecule has 0 amide bonds. The lowest BCUT2D eigenvalue weighted by molar-refractivity contribution is 0.108. The van der Waals surface area contributed by atoms with E-state index in [9.17, 15) is 13.2 Å². The van der Waals surface area contributed by atoms with Gasteiger partial charge in [-0.1, -0.05) is 16.8 Å². The Morgan fingerprint density at radius 3 is 2.54 bits per heavy atom. The molecule has 2 heterocycles. The molecule has 2 aromatic heterocycles. The van der Waals surface area contributed by atoms with Crippen molar-refractivity contribution < 1.29 is 22.5 Å². The van der Waals surface area contributed by atoms with Crippen LogP contribution in [0.4, 0.5) is 5.88 Å². The van der Waals surface area contributed by atoms with Crippen molar-refractivity contribution in [1.29, 1.82) is 0 Å². The molecule has 0 radical (unpaired) electrons. The summed E-state index contributed by atoms with van der Waals surface area (Å²) in [5.41, 5.74) is 0.327. The summed E-state index contributed by atoms with van der Waals surface area (Å²) >= 11 is 12.5. The highest BCUT2D eigenvalue weighted by molar-refractivity contribution is 7.93. The minimum absolute atomic E-state index is 0. The Labute approximate surface area is 158 Å². The molecule has 0 spiro atoms. The highest BCUT2D eigenvalue weighted by Gasteiger charge is 2.34. The van der Waals surface area contributed by atoms with Crippen LogP contribution in [0.5, 0.6) is 0 Å². The number of carbonyl (C=O) groups is 1. The quantitative estimate of drug-likeness (QED) is 0.508. The molecule has 134 valence electrons. The van der Waals surface area contributed by atoms with Gasteiger partial charge in [0.1, 0.15) is 27.2 Å². The monoisotopic (exact) mass is 434 g/mol. The maximum Gasteiger partial charge on any atom is 0.270 e. The lowest BCUT2D eigenvalue weighted by Gasteiger charge is -2.20. The maximum absolute atomic E-state index is 12.9. The summed E-state index contributed by atoms with van der Waals surface area (Å²) in [6.07, 6.45) is 0. The molecule has 0 aromatic carbocycles. The minimum Gasteiger partial charge on any atom is -0.363 e. The maximum atomic E-state index is 12.9. The lowest BCUT2D eigenvalue weighted by Crippen LogP contribution is -2.33. The fourth-order valence-electron chi connectivity index (χ4n) is 1.79. The highest BCUT2D eigenvalue weighted by Crippen LogP contribution is 2.36. The molecule has 0 aliphatic heterocycles. The first-order valence-electron chi connectivity index (χ1n) is 6.13. The number of rotatable bonds is 6. The van der Waals surface area contributed by atoms with Crippen LogP contribution in [-0.4, -0.2) is 32.7 Å². The Morgan fingerprint density at radius 2 is 2.08 bits per heavy atom. The van der Waals surface area contributed by atoms with Gasteiger partial charge in [-0.25, -0.2) is 12.7 Å². The Balaban J connectivity index is 0.00000288. The van der Waals surface area contributed by atoms with Crippen LogP contribution in [0.3, 0.4) is 0 Å². The van der Waals surface area contributed by atoms with Gasteiger partial charge in [0, 0.05) is 12.0 Å². The van der Waals surface area contributed by atoms with Gasteiger partial charge in [-0.3, -0.25) is 4.79 Å². The molecule has 24 heavy (non-hydrogen) atoms. The fourth-order valence-corrected chi connectivity index (χ4v) is 5.02. The predicted octanol–water partition coefficient (Wildman–Crippen LogP) is 3.61. The number of ether oxygens (including phenoxy) is 1. The molecule has 0 N–H and O–H groups in total. The number of anilines is 1. The molecule has 7 nitrogen and oxygen atoms in total. The molecule has 0 saturated carbocycles. The lowest BCUT2D eigenvalue weighted by atomic mass is 10.4. The van der Waals surface area contributed by atoms with Crippen LogP contribution in [-0.2, 0) is 14.8 Å². The van der Waals surface area contributed by atoms with Crippen molar-refractivity contribution in [2.45, 2.75) is 18.7 Å². The van der Waals surface area contributed by atoms with E-state index in [0.29, 0.717) is 10.6 Å². The van der Waals surface area contributed by atoms with Crippen LogP contribution >= 0.6 is 46.9 Å². The topological polar surface area (TPSA) is 89.7 Å². The standard InChI is InChI=1S/C12H12Cl2N2O5S2.ClH/c1-6-4-8(10(22-6)11(14)17)23(18,19)16(5-20-3)12-9(13)7(2)15-21-12;/h4H,5H2,1-3H3;1H. The zero-order valence-electron chi connectivity index (χ0n) is 12.7. The van der Waals surface area contributed by atoms with E-state index >= 15 is 0 Å². The molecule has 0 saturated heterocycles. The number of sulfonamides is 1. The van der Waals surface area contributed by atoms with E-state index in [1.54, 1.807) is 13.8 Å². The minimum atomic E-state index is -4.18. The first-order chi connectivity index (χ1) is 10.7. The van der Waals surface area contributed by atoms with E-state index in [1.807, 2.05) is 0 Å². The molecule has 0 atom stereocenters. The van der Waals surface area contributed by atoms with Crippen molar-refractivity contribution in [3.8, 4) is 0 Å². The van der Waals surface area contributed by atoms with Crippen molar-refractivity contribution >= 4 is 68.1 Å². The number of aromatic nitrogens is 1. The Morgan fingerprint density at radius 1 is 1.46 bits per heavy atom. The van der Waals surface area contributed by atoms with Crippen molar-refractivity contribution in [3.05, 3.63) is 26.5 Å². The number of hydrogen-bond acceptors (Lipinski definition) is 7. The van der Waals surface area contributed by atoms with E-state index in [1.165, 1.54) is 13.2 Å². The van der Waals surface area contributed by atoms with Gasteiger partial charge in [-0.15, -0.1) is 23.7 Å². The summed E-state index contributed by atoms with van der Waals surface area (Å²) in [6.45, 7) is 2.86. The van der Waals surface area contributed by atoms with Crippen LogP contribution in [0, 0.1) is 13.8 Å². The number of carbonyl (C=O) groups excluding carboxylic acids is 1. The van der Waals surface area contributed by atoms with Crippen LogP contribution in [0.1, 0.15) is 20.2 Å². The molecule has 0 fully saturated rings. The van der Waals surface area contributed by atoms with Crippen LogP contribution in [0.2, 0.25) is 5.02 Å². The van der Waals surface area contributed by atoms with Gasteiger partial charge in [0.15, 0.2) is 0 Å². The van der Waals surface area contributed by atoms with Gasteiger partial charge in [0.25, 0.3) is 21.1 Å². The summed E-state index contributed by atoms with van der Waals surface area (Å²) in [5.74, 6) is -0.192. The Bertz CT molecular complexity index is 847. The normalized spacial score (nSPS) is 11.2. The van der Waals surface area contributed by atoms with Gasteiger partial charge < -0.3 is 9.26 Å². The summed E-state index contributed by atoms with van der Waals surface area (Å²) < 4.78 is 36.5. The number of aryl methyl sites for hydroxylation is 2. The Kier molecular flexibility index (Phi) is 7.09. The molecule has 0 aliphatic rings. The van der Waals surface area contributed by atoms with Gasteiger partial charge in [0.2, 0.25) is 0 Å². The third-order valence-electron chi connectivity index (χ3n) is 2.82. The first kappa shape index (κ1) is 21.2. The van der Waals surface area contributed by atoms with Crippen LogP contribution in [0.25, 0.3) is 0 Å². The van der Waals surface area contributed by atoms with Crippen molar-refractivity contribution in [3.63, 3.8) is 0 Å². The van der Waals surface area contributed by atoms with Crippen molar-refractivity contribution in [2.75, 3.05) is 18.1 Å². The average Bonchev–Trinajstić information content (AvgIpc) is 3.01. The molecule has 0 unspecified atom stereocenters. The van der Waals surface area contributed by atoms with Crippen LogP contribution < -0.4 is 4.31 Å². The zero-order valence-corrected chi connectivity index (χ0v) is 16.7. The summed E-state index contributed by atoms with van der Waals surface area (Å²) in [7, 11) is -2.87. The Hall–Kier alpha value is -0.840. The van der Waals surface area contributed by atoms with Crippen molar-refractivity contribution in [1.82, 2.24) is 5.16 Å². The molecule has 2 rings (SSSR count). The SMILES string of the molecule is COCN(c1onc(C)c1Cl)S(=O)(=O)c1cc(C)sc1C(=O)Cl.Cl. The summed E-state index contributed by atoms with van der Waals surface area (Å²) in [6, 6.07) is 1.36. The second-order valence-electron chi connectivity index (χ2n) is 4.48. The largest absolute Gasteiger partial charge is 0.363 e. The van der Waals surface area contributed by atoms with Gasteiger partial charge >= 0.3 is 0 Å². The molecule has 0 bridgehead atoms. The van der Waals surface area contributed by atoms with Gasteiger partial charge in [-0.05, 0) is 31.5 Å². The molecular weight excluding hydrogens is 423 g/mol. The zero-order chi connectivity index (χ0) is 17.4. The third-order valence-corrected chi connectivity index (χ3v) is 6.46. The predicted molar refractivity (Wildman–Crippen MR) is 94.3 cm³/mol. The van der Waals surface area contributed by atoms with E-state index in [-0.39, 0.29) is 39.8 Å². The van der Waals surface area contributed by atoms with Crippen LogP contribution in [0.15, 0.2) is 15.5 Å². The average molecular weight is 436 g/mol. The van der Waals surface area contributed by atoms with Crippen molar-refractivity contribution in [2.24, 2.45) is 0 Å². The highest BCUT2D eigenvalue weighted by atomic mass is 35.5. The number of thiophene rings is 1. The molecular formula is C12H13Cl3N2O5S2. The molecule has 12 heteroatoms. The third kappa shape index (κ3) is 3.87. The van der Waals surface area contributed by atoms with E-state index in [4.69, 9.17) is 32.5 Å². The molecule has 2 aromatic rings. The smallest absolute Gasteiger partial charge is 0.270 e. The summed E-state index contributed by atoms with van der Waals surface area (Å²) in [4.78, 5) is 11.8. The van der Waals surface area contributed by atoms with E-state index in [2.05, 4.69) is 5.16 Å². The second kappa shape index (κ2) is 8.03. The van der Waals surface area contributed by atoms with E-state index < -0.39 is 15.3 Å². The fraction of sp³-hybridized carbons (Fsp3) is 0.333. The summed E-state index contributed by atoms with van der Waals surface area (Å²) in [5, 5.41) is 2.81. The number of nitrogens with zero attached hydrogens (tertiary/aromatic N) is 2. The van der Waals surface area contributed by atoms with E-state index in [0.717, 1.165) is 15.6 Å². The van der Waals surface area contributed by atoms with Gasteiger partial charge in [0.05, 0.1) is 0 Å². The number of methoxy groups -OCH3 is 1. The van der Waals surface area contributed by atoms with Gasteiger partial charge in [-0.2, -0.15) is 0 Å². The number of halogens is 3. The number of hydrogen-bond donors (Lipinski definition) is 0. The second-order valence-corrected chi connectivity index (χ2v) is 8.29. The molecule has 0 aliphatic carbocycles. The first-order valence-corrected chi connectivity index (χ1v) is 9.15.